The van der Waals surface area contributed by atoms with Gasteiger partial charge in [-0.2, -0.15) is 0 Å². The lowest BCUT2D eigenvalue weighted by molar-refractivity contribution is -0.876. The van der Waals surface area contributed by atoms with Gasteiger partial charge in [-0.15, -0.1) is 0 Å². The van der Waals surface area contributed by atoms with E-state index >= 15 is 0 Å². The zero-order chi connectivity index (χ0) is 79.8. The predicted molar refractivity (Wildman–Crippen MR) is 469 cm³/mol. The Morgan fingerprint density at radius 3 is 1.06 bits per heavy atom. The van der Waals surface area contributed by atoms with E-state index in [1.165, 1.54) is 68.9 Å². The highest BCUT2D eigenvalue weighted by Gasteiger charge is 2.32. The Morgan fingerprint density at radius 1 is 0.336 bits per heavy atom. The van der Waals surface area contributed by atoms with E-state index in [2.05, 4.69) is 83.9 Å². The first-order chi connectivity index (χ1) is 57.8. The van der Waals surface area contributed by atoms with E-state index in [1.54, 1.807) is 31.0 Å². The highest BCUT2D eigenvalue weighted by Crippen LogP contribution is 2.45. The number of aryl methyl sites for hydroxylation is 3. The average Bonchev–Trinajstić information content (AvgIpc) is 1.63. The van der Waals surface area contributed by atoms with Crippen molar-refractivity contribution in [1.29, 1.82) is 0 Å². The second-order valence-corrected chi connectivity index (χ2v) is 31.3. The Morgan fingerprint density at radius 2 is 0.681 bits per heavy atom. The van der Waals surface area contributed by atoms with Gasteiger partial charge in [-0.3, -0.25) is 27.8 Å². The third-order valence-electron chi connectivity index (χ3n) is 23.9. The molecule has 0 unspecified atom stereocenters. The molecule has 4 aliphatic rings. The number of fused-ring (bicyclic) bond motifs is 8. The number of nitrogens with zero attached hydrogens (tertiary/aromatic N) is 19. The largest absolute Gasteiger partial charge is 0.382 e. The highest BCUT2D eigenvalue weighted by atomic mass is 16.5. The Hall–Kier alpha value is -14.6. The first kappa shape index (κ1) is 74.6. The van der Waals surface area contributed by atoms with Gasteiger partial charge in [-0.05, 0) is 121 Å². The summed E-state index contributed by atoms with van der Waals surface area (Å²) in [6, 6.07) is 58.5. The van der Waals surface area contributed by atoms with Crippen LogP contribution in [0.2, 0.25) is 0 Å². The number of pyridine rings is 1. The van der Waals surface area contributed by atoms with Crippen molar-refractivity contribution in [3.8, 4) is 79.1 Å². The van der Waals surface area contributed by atoms with Crippen LogP contribution in [-0.2, 0) is 0 Å². The van der Waals surface area contributed by atoms with Gasteiger partial charge in [0.1, 0.15) is 91.4 Å². The van der Waals surface area contributed by atoms with Crippen LogP contribution in [0.1, 0.15) is 149 Å². The van der Waals surface area contributed by atoms with Crippen LogP contribution in [0.15, 0.2) is 232 Å². The van der Waals surface area contributed by atoms with Crippen LogP contribution >= 0.6 is 0 Å². The third kappa shape index (κ3) is 13.6. The molecule has 12 heterocycles. The van der Waals surface area contributed by atoms with Crippen LogP contribution < -0.4 is 27.7 Å². The standard InChI is InChI=1S/2C25H22N6.C25H22N5O.C19H18N6.CH4/c2*1-15-19-11-10-18(14-20(19)29-24(28-15)16-6-3-2-4-7-16)21-22-23(26)27-12-13-31(22)25(30-21)17-8-5-9-17;26-24-23-22(28-25(18-7-4-8-18)29(23)14-13-27-24)19-10-9-17-11-12-20(30(31)21(17)15-19)16-5-2-1-3-6-16;1-11-10-22-14-6-5-13(9-15(14)23-11)16-17-18(20)21-7-8-25(17)19(24-16)12-3-2-4-12;/h2*2-4,6-7,10-14,17H,5,8-9H2,1H3,(H2,26,27);1-3,5-6,9-15,18,31H,4,7-8H2,(H2,26,27);5-10,12H,2-4H2,1H3,(H2,20,21);1H4/q;;+1;;. The van der Waals surface area contributed by atoms with Gasteiger partial charge in [0.2, 0.25) is 0 Å². The molecule has 7 aromatic carbocycles. The van der Waals surface area contributed by atoms with E-state index in [-0.39, 0.29) is 7.43 Å². The molecule has 12 aromatic heterocycles. The van der Waals surface area contributed by atoms with Crippen LogP contribution in [-0.4, -0.2) is 92.6 Å². The Labute approximate surface area is 685 Å². The molecule has 24 heteroatoms. The molecule has 0 aliphatic heterocycles. The van der Waals surface area contributed by atoms with Crippen molar-refractivity contribution in [2.45, 2.75) is 129 Å². The first-order valence-corrected chi connectivity index (χ1v) is 40.4. The summed E-state index contributed by atoms with van der Waals surface area (Å²) in [7, 11) is 0. The van der Waals surface area contributed by atoms with Gasteiger partial charge in [-0.25, -0.2) is 64.8 Å². The molecule has 0 bridgehead atoms. The Balaban J connectivity index is 0.000000105. The molecule has 0 amide bonds. The minimum atomic E-state index is 0. The van der Waals surface area contributed by atoms with Crippen molar-refractivity contribution in [2.24, 2.45) is 0 Å². The van der Waals surface area contributed by atoms with E-state index in [0.717, 1.165) is 193 Å². The molecule has 4 fully saturated rings. The fourth-order valence-corrected chi connectivity index (χ4v) is 16.7. The number of benzene rings is 7. The van der Waals surface area contributed by atoms with E-state index in [4.69, 9.17) is 62.8 Å². The van der Waals surface area contributed by atoms with Crippen LogP contribution in [0.4, 0.5) is 23.3 Å². The molecule has 0 saturated heterocycles. The number of hydrogen-bond acceptors (Lipinski definition) is 19. The van der Waals surface area contributed by atoms with E-state index in [9.17, 15) is 5.21 Å². The highest BCUT2D eigenvalue weighted by molar-refractivity contribution is 5.95. The summed E-state index contributed by atoms with van der Waals surface area (Å²) < 4.78 is 9.67. The van der Waals surface area contributed by atoms with Gasteiger partial charge >= 0.3 is 0 Å². The number of aromatic nitrogens is 19. The molecule has 0 radical (unpaired) electrons. The zero-order valence-electron chi connectivity index (χ0n) is 65.5. The quantitative estimate of drug-likeness (QED) is 0.0593. The number of imidazole rings is 4. The number of hydrogen-bond donors (Lipinski definition) is 5. The summed E-state index contributed by atoms with van der Waals surface area (Å²) in [5.41, 5.74) is 46.6. The van der Waals surface area contributed by atoms with Crippen molar-refractivity contribution in [3.05, 3.63) is 272 Å². The van der Waals surface area contributed by atoms with Crippen LogP contribution in [0.3, 0.4) is 0 Å². The summed E-state index contributed by atoms with van der Waals surface area (Å²) in [4.78, 5) is 65.5. The summed E-state index contributed by atoms with van der Waals surface area (Å²) in [5.74, 6) is 9.64. The maximum absolute atomic E-state index is 11.0. The topological polar surface area (TPSA) is 326 Å². The fourth-order valence-electron chi connectivity index (χ4n) is 16.7. The van der Waals surface area contributed by atoms with Gasteiger partial charge in [0, 0.05) is 152 Å². The molecule has 119 heavy (non-hydrogen) atoms. The normalized spacial score (nSPS) is 14.2. The summed E-state index contributed by atoms with van der Waals surface area (Å²) >= 11 is 0. The smallest absolute Gasteiger partial charge is 0.265 e. The van der Waals surface area contributed by atoms with Gasteiger partial charge in [0.15, 0.2) is 11.6 Å². The molecular weight excluding hydrogens is 1480 g/mol. The molecule has 4 aliphatic carbocycles. The molecule has 0 spiro atoms. The first-order valence-electron chi connectivity index (χ1n) is 40.4. The second kappa shape index (κ2) is 30.9. The van der Waals surface area contributed by atoms with Crippen molar-refractivity contribution >= 4 is 89.1 Å². The van der Waals surface area contributed by atoms with Gasteiger partial charge < -0.3 is 22.9 Å². The lowest BCUT2D eigenvalue weighted by atomic mass is 9.85. The molecule has 19 aromatic rings. The van der Waals surface area contributed by atoms with Crippen LogP contribution in [0.5, 0.6) is 0 Å². The maximum Gasteiger partial charge on any atom is 0.265 e. The molecule has 588 valence electrons. The summed E-state index contributed by atoms with van der Waals surface area (Å²) in [6.07, 6.45) is 30.9. The SMILES string of the molecule is C.Cc1cnc2ccc(-c3nc(C4CCC4)n4ccnc(N)c34)cc2n1.Cc1nc(-c2ccccc2)nc2cc(-c3nc(C4CCC4)n4ccnc(N)c34)ccc12.Cc1nc(-c2ccccc2)nc2cc(-c3nc(C4CCC4)n4ccnc(N)c34)ccc12.Nc1nccn2c(C3CCC3)nc(-c3ccc4ccc(-c5ccccc5)[n+](O)c4c3)c12. The lowest BCUT2D eigenvalue weighted by Crippen LogP contribution is -2.33. The molecule has 23 rings (SSSR count). The summed E-state index contributed by atoms with van der Waals surface area (Å²) in [5, 5.41) is 14.1. The number of nitrogens with two attached hydrogens (primary N) is 4. The van der Waals surface area contributed by atoms with Gasteiger partial charge in [0.05, 0.1) is 38.7 Å². The monoisotopic (exact) mass is 1570 g/mol. The van der Waals surface area contributed by atoms with Crippen molar-refractivity contribution in [3.63, 3.8) is 0 Å². The van der Waals surface area contributed by atoms with E-state index in [0.29, 0.717) is 52.5 Å². The Bertz CT molecular complexity index is 6880. The second-order valence-electron chi connectivity index (χ2n) is 31.3. The Kier molecular flexibility index (Phi) is 19.4. The van der Waals surface area contributed by atoms with Gasteiger partial charge in [0.25, 0.3) is 11.2 Å². The van der Waals surface area contributed by atoms with Crippen molar-refractivity contribution in [1.82, 2.24) is 87.4 Å². The minimum Gasteiger partial charge on any atom is -0.382 e. The van der Waals surface area contributed by atoms with Crippen molar-refractivity contribution < 1.29 is 9.94 Å². The maximum atomic E-state index is 11.0. The molecule has 0 atom stereocenters. The van der Waals surface area contributed by atoms with Gasteiger partial charge in [-0.1, -0.05) is 148 Å². The number of rotatable bonds is 11. The molecule has 4 saturated carbocycles. The fraction of sp³-hybridized carbons (Fsp3) is 0.211. The zero-order valence-corrected chi connectivity index (χ0v) is 65.5. The van der Waals surface area contributed by atoms with Crippen LogP contribution in [0, 0.1) is 20.8 Å². The lowest BCUT2D eigenvalue weighted by Gasteiger charge is -2.23. The molecular formula is C95H88N23O+. The summed E-state index contributed by atoms with van der Waals surface area (Å²) in [6.45, 7) is 6.00. The average molecular weight is 1570 g/mol. The van der Waals surface area contributed by atoms with Crippen molar-refractivity contribution in [2.75, 3.05) is 22.9 Å². The predicted octanol–water partition coefficient (Wildman–Crippen LogP) is 19.1. The third-order valence-corrected chi connectivity index (χ3v) is 23.9. The molecule has 9 N–H and O–H groups in total. The minimum absolute atomic E-state index is 0. The van der Waals surface area contributed by atoms with Crippen LogP contribution in [0.25, 0.3) is 145 Å². The molecule has 24 nitrogen and oxygen atoms in total. The van der Waals surface area contributed by atoms with E-state index in [1.807, 2.05) is 185 Å². The number of nitrogen functional groups attached to an aromatic ring is 4. The van der Waals surface area contributed by atoms with E-state index < -0.39 is 0 Å². The number of anilines is 4.